The number of pyridine rings is 1. The number of hydrogen-bond acceptors (Lipinski definition) is 3. The number of nitrogens with zero attached hydrogens (tertiary/aromatic N) is 1. The molecule has 1 aromatic heterocycles. The van der Waals surface area contributed by atoms with Crippen molar-refractivity contribution >= 4 is 5.91 Å². The van der Waals surface area contributed by atoms with E-state index in [1.54, 1.807) is 19.1 Å². The van der Waals surface area contributed by atoms with Crippen LogP contribution in [0, 0.1) is 5.82 Å². The number of carbonyl (C=O) groups excluding carboxylic acids is 1. The first-order chi connectivity index (χ1) is 9.44. The van der Waals surface area contributed by atoms with Crippen LogP contribution in [0.15, 0.2) is 43.8 Å². The first-order valence-electron chi connectivity index (χ1n) is 6.29. The minimum Gasteiger partial charge on any atom is -0.387 e. The zero-order chi connectivity index (χ0) is 15.2. The molecular weight excluding hydrogens is 259 g/mol. The summed E-state index contributed by atoms with van der Waals surface area (Å²) < 4.78 is 13.5. The second kappa shape index (κ2) is 6.96. The molecule has 0 saturated carbocycles. The monoisotopic (exact) mass is 278 g/mol. The zero-order valence-corrected chi connectivity index (χ0v) is 11.5. The van der Waals surface area contributed by atoms with Crippen molar-refractivity contribution < 1.29 is 14.3 Å². The molecule has 0 radical (unpaired) electrons. The van der Waals surface area contributed by atoms with E-state index >= 15 is 0 Å². The van der Waals surface area contributed by atoms with E-state index in [1.165, 1.54) is 12.3 Å². The lowest BCUT2D eigenvalue weighted by Crippen LogP contribution is -2.50. The molecule has 0 fully saturated rings. The number of aliphatic hydroxyl groups is 1. The van der Waals surface area contributed by atoms with Gasteiger partial charge in [0.05, 0.1) is 23.4 Å². The van der Waals surface area contributed by atoms with Gasteiger partial charge in [0, 0.05) is 6.20 Å². The van der Waals surface area contributed by atoms with Gasteiger partial charge in [-0.3, -0.25) is 9.78 Å². The molecule has 0 bridgehead atoms. The van der Waals surface area contributed by atoms with Gasteiger partial charge in [-0.1, -0.05) is 12.2 Å². The molecule has 1 amide bonds. The van der Waals surface area contributed by atoms with Crippen molar-refractivity contribution in [3.8, 4) is 0 Å². The number of amides is 1. The van der Waals surface area contributed by atoms with Crippen LogP contribution in [0.5, 0.6) is 0 Å². The Morgan fingerprint density at radius 2 is 2.15 bits per heavy atom. The molecule has 108 valence electrons. The molecule has 0 aliphatic heterocycles. The van der Waals surface area contributed by atoms with Crippen LogP contribution in [-0.2, 0) is 0 Å². The number of halogens is 1. The third kappa shape index (κ3) is 3.74. The minimum atomic E-state index is -1.19. The highest BCUT2D eigenvalue weighted by Gasteiger charge is 2.32. The third-order valence-electron chi connectivity index (χ3n) is 3.17. The highest BCUT2D eigenvalue weighted by molar-refractivity contribution is 5.94. The average molecular weight is 278 g/mol. The van der Waals surface area contributed by atoms with E-state index in [-0.39, 0.29) is 5.56 Å². The topological polar surface area (TPSA) is 62.2 Å². The fourth-order valence-corrected chi connectivity index (χ4v) is 1.90. The summed E-state index contributed by atoms with van der Waals surface area (Å²) >= 11 is 0. The van der Waals surface area contributed by atoms with Crippen molar-refractivity contribution in [3.05, 3.63) is 55.2 Å². The Bertz CT molecular complexity index is 492. The predicted octanol–water partition coefficient (Wildman–Crippen LogP) is 2.22. The summed E-state index contributed by atoms with van der Waals surface area (Å²) in [6.45, 7) is 8.83. The van der Waals surface area contributed by atoms with E-state index in [0.717, 1.165) is 6.20 Å². The van der Waals surface area contributed by atoms with Crippen molar-refractivity contribution in [2.45, 2.75) is 31.4 Å². The molecule has 5 heteroatoms. The van der Waals surface area contributed by atoms with E-state index in [4.69, 9.17) is 0 Å². The van der Waals surface area contributed by atoms with Crippen LogP contribution in [-0.4, -0.2) is 27.6 Å². The van der Waals surface area contributed by atoms with Crippen LogP contribution in [0.4, 0.5) is 4.39 Å². The van der Waals surface area contributed by atoms with E-state index in [9.17, 15) is 14.3 Å². The first-order valence-corrected chi connectivity index (χ1v) is 6.29. The van der Waals surface area contributed by atoms with Gasteiger partial charge in [0.15, 0.2) is 5.82 Å². The van der Waals surface area contributed by atoms with Gasteiger partial charge in [0.2, 0.25) is 0 Å². The fraction of sp³-hybridized carbons (Fsp3) is 0.333. The van der Waals surface area contributed by atoms with Crippen molar-refractivity contribution in [3.63, 3.8) is 0 Å². The molecular formula is C15H19FN2O2. The van der Waals surface area contributed by atoms with Gasteiger partial charge in [-0.05, 0) is 25.8 Å². The van der Waals surface area contributed by atoms with Gasteiger partial charge in [0.25, 0.3) is 5.91 Å². The summed E-state index contributed by atoms with van der Waals surface area (Å²) in [7, 11) is 0. The van der Waals surface area contributed by atoms with Crippen LogP contribution in [0.2, 0.25) is 0 Å². The summed E-state index contributed by atoms with van der Waals surface area (Å²) in [5.41, 5.74) is -1.30. The number of aromatic nitrogens is 1. The normalized spacial score (nSPS) is 12.6. The van der Waals surface area contributed by atoms with E-state index in [0.29, 0.717) is 12.8 Å². The van der Waals surface area contributed by atoms with Crippen molar-refractivity contribution in [1.82, 2.24) is 10.3 Å². The summed E-state index contributed by atoms with van der Waals surface area (Å²) in [5.74, 6) is -1.29. The Morgan fingerprint density at radius 3 is 2.65 bits per heavy atom. The van der Waals surface area contributed by atoms with Gasteiger partial charge < -0.3 is 10.4 Å². The number of nitrogens with one attached hydrogen (secondary N) is 1. The number of carbonyl (C=O) groups is 1. The first kappa shape index (κ1) is 16.0. The number of hydrogen-bond donors (Lipinski definition) is 2. The molecule has 1 rings (SSSR count). The van der Waals surface area contributed by atoms with Crippen molar-refractivity contribution in [1.29, 1.82) is 0 Å². The SMILES string of the molecule is C=CCC(O)(CC=C)[C@@H](C)NC(=O)c1ccncc1F. The Morgan fingerprint density at radius 1 is 1.55 bits per heavy atom. The second-order valence-electron chi connectivity index (χ2n) is 4.64. The summed E-state index contributed by atoms with van der Waals surface area (Å²) in [6, 6.07) is 0.704. The maximum absolute atomic E-state index is 13.5. The van der Waals surface area contributed by atoms with Gasteiger partial charge >= 0.3 is 0 Å². The lowest BCUT2D eigenvalue weighted by atomic mass is 9.88. The molecule has 0 aliphatic rings. The maximum Gasteiger partial charge on any atom is 0.254 e. The fourth-order valence-electron chi connectivity index (χ4n) is 1.90. The molecule has 0 unspecified atom stereocenters. The summed E-state index contributed by atoms with van der Waals surface area (Å²) in [5, 5.41) is 13.1. The van der Waals surface area contributed by atoms with E-state index in [2.05, 4.69) is 23.5 Å². The van der Waals surface area contributed by atoms with Gasteiger partial charge in [0.1, 0.15) is 0 Å². The van der Waals surface area contributed by atoms with Crippen molar-refractivity contribution in [2.24, 2.45) is 0 Å². The van der Waals surface area contributed by atoms with Crippen LogP contribution in [0.25, 0.3) is 0 Å². The molecule has 1 atom stereocenters. The number of rotatable bonds is 7. The molecule has 0 saturated heterocycles. The molecule has 0 aliphatic carbocycles. The molecule has 0 aromatic carbocycles. The van der Waals surface area contributed by atoms with Gasteiger partial charge in [-0.15, -0.1) is 13.2 Å². The van der Waals surface area contributed by atoms with Gasteiger partial charge in [-0.25, -0.2) is 4.39 Å². The smallest absolute Gasteiger partial charge is 0.254 e. The lowest BCUT2D eigenvalue weighted by molar-refractivity contribution is 0.0127. The highest BCUT2D eigenvalue weighted by Crippen LogP contribution is 2.21. The van der Waals surface area contributed by atoms with Crippen LogP contribution in [0.1, 0.15) is 30.1 Å². The molecule has 4 nitrogen and oxygen atoms in total. The van der Waals surface area contributed by atoms with Crippen molar-refractivity contribution in [2.75, 3.05) is 0 Å². The summed E-state index contributed by atoms with van der Waals surface area (Å²) in [6.07, 6.45) is 6.03. The van der Waals surface area contributed by atoms with E-state index in [1.807, 2.05) is 0 Å². The third-order valence-corrected chi connectivity index (χ3v) is 3.17. The Labute approximate surface area is 118 Å². The van der Waals surface area contributed by atoms with E-state index < -0.39 is 23.4 Å². The van der Waals surface area contributed by atoms with Gasteiger partial charge in [-0.2, -0.15) is 0 Å². The molecule has 1 aromatic rings. The van der Waals surface area contributed by atoms with Crippen LogP contribution in [0.3, 0.4) is 0 Å². The molecule has 2 N–H and O–H groups in total. The zero-order valence-electron chi connectivity index (χ0n) is 11.5. The summed E-state index contributed by atoms with van der Waals surface area (Å²) in [4.78, 5) is 15.6. The largest absolute Gasteiger partial charge is 0.387 e. The molecule has 20 heavy (non-hydrogen) atoms. The second-order valence-corrected chi connectivity index (χ2v) is 4.64. The lowest BCUT2D eigenvalue weighted by Gasteiger charge is -2.33. The standard InChI is InChI=1S/C15H19FN2O2/c1-4-7-15(20,8-5-2)11(3)18-14(19)12-6-9-17-10-13(12)16/h4-6,9-11,20H,1-2,7-8H2,3H3,(H,18,19)/t11-/m1/s1. The predicted molar refractivity (Wildman–Crippen MR) is 75.7 cm³/mol. The highest BCUT2D eigenvalue weighted by atomic mass is 19.1. The Hall–Kier alpha value is -2.01. The molecule has 0 spiro atoms. The maximum atomic E-state index is 13.5. The Kier molecular flexibility index (Phi) is 5.58. The molecule has 1 heterocycles. The average Bonchev–Trinajstić information content (AvgIpc) is 2.39. The van der Waals surface area contributed by atoms with Crippen LogP contribution < -0.4 is 5.32 Å². The van der Waals surface area contributed by atoms with Crippen LogP contribution >= 0.6 is 0 Å². The Balaban J connectivity index is 2.85. The minimum absolute atomic E-state index is 0.105. The quantitative estimate of drug-likeness (QED) is 0.752.